The fourth-order valence-electron chi connectivity index (χ4n) is 3.18. The highest BCUT2D eigenvalue weighted by molar-refractivity contribution is 6.31. The van der Waals surface area contributed by atoms with Crippen LogP contribution in [0, 0.1) is 11.7 Å². The number of carbonyl (C=O) groups excluding carboxylic acids is 1. The van der Waals surface area contributed by atoms with Gasteiger partial charge in [0.25, 0.3) is 0 Å². The van der Waals surface area contributed by atoms with E-state index in [9.17, 15) is 9.18 Å². The predicted octanol–water partition coefficient (Wildman–Crippen LogP) is 3.00. The van der Waals surface area contributed by atoms with Gasteiger partial charge in [-0.2, -0.15) is 5.10 Å². The second-order valence-electron chi connectivity index (χ2n) is 6.21. The van der Waals surface area contributed by atoms with Crippen LogP contribution in [0.15, 0.2) is 30.7 Å². The van der Waals surface area contributed by atoms with E-state index in [-0.39, 0.29) is 16.8 Å². The van der Waals surface area contributed by atoms with Crippen molar-refractivity contribution in [1.82, 2.24) is 20.2 Å². The smallest absolute Gasteiger partial charge is 0.227 e. The third kappa shape index (κ3) is 3.20. The van der Waals surface area contributed by atoms with E-state index in [0.717, 1.165) is 11.2 Å². The Bertz CT molecular complexity index is 953. The highest BCUT2D eigenvalue weighted by Gasteiger charge is 2.27. The summed E-state index contributed by atoms with van der Waals surface area (Å²) in [6.07, 6.45) is 4.61. The van der Waals surface area contributed by atoms with Crippen LogP contribution in [0.5, 0.6) is 0 Å². The van der Waals surface area contributed by atoms with E-state index in [1.165, 1.54) is 24.5 Å². The molecule has 1 aliphatic heterocycles. The van der Waals surface area contributed by atoms with Crippen LogP contribution in [-0.4, -0.2) is 39.2 Å². The Hall–Kier alpha value is -2.74. The minimum Gasteiger partial charge on any atom is -0.356 e. The molecule has 0 radical (unpaired) electrons. The zero-order valence-corrected chi connectivity index (χ0v) is 14.5. The maximum absolute atomic E-state index is 13.2. The number of nitrogens with one attached hydrogen (secondary N) is 2. The lowest BCUT2D eigenvalue weighted by Gasteiger charge is -2.32. The fraction of sp³-hybridized carbons (Fsp3) is 0.294. The van der Waals surface area contributed by atoms with Crippen LogP contribution in [-0.2, 0) is 4.79 Å². The number of hydrogen-bond acceptors (Lipinski definition) is 5. The van der Waals surface area contributed by atoms with E-state index in [4.69, 9.17) is 11.6 Å². The van der Waals surface area contributed by atoms with Crippen LogP contribution in [0.1, 0.15) is 12.8 Å². The van der Waals surface area contributed by atoms with E-state index < -0.39 is 5.82 Å². The molecule has 0 spiro atoms. The molecule has 1 aliphatic rings. The summed E-state index contributed by atoms with van der Waals surface area (Å²) in [6, 6.07) is 4.16. The Balaban J connectivity index is 1.40. The Morgan fingerprint density at radius 3 is 2.88 bits per heavy atom. The number of rotatable bonds is 3. The molecule has 1 amide bonds. The number of amides is 1. The van der Waals surface area contributed by atoms with Gasteiger partial charge in [0.15, 0.2) is 5.65 Å². The summed E-state index contributed by atoms with van der Waals surface area (Å²) in [4.78, 5) is 23.1. The largest absolute Gasteiger partial charge is 0.356 e. The van der Waals surface area contributed by atoms with Crippen LogP contribution in [0.2, 0.25) is 5.02 Å². The molecule has 4 rings (SSSR count). The summed E-state index contributed by atoms with van der Waals surface area (Å²) in [7, 11) is 0. The van der Waals surface area contributed by atoms with E-state index in [1.807, 2.05) is 0 Å². The lowest BCUT2D eigenvalue weighted by Crippen LogP contribution is -2.38. The average molecular weight is 375 g/mol. The summed E-state index contributed by atoms with van der Waals surface area (Å²) < 4.78 is 13.2. The normalized spacial score (nSPS) is 15.4. The van der Waals surface area contributed by atoms with Crippen molar-refractivity contribution < 1.29 is 9.18 Å². The van der Waals surface area contributed by atoms with Crippen LogP contribution in [0.4, 0.5) is 15.9 Å². The van der Waals surface area contributed by atoms with Crippen molar-refractivity contribution >= 4 is 40.0 Å². The zero-order valence-electron chi connectivity index (χ0n) is 13.7. The van der Waals surface area contributed by atoms with Gasteiger partial charge >= 0.3 is 0 Å². The van der Waals surface area contributed by atoms with Gasteiger partial charge in [-0.1, -0.05) is 11.6 Å². The number of aromatic amines is 1. The molecular formula is C17H16ClFN6O. The molecule has 0 saturated carbocycles. The molecular weight excluding hydrogens is 359 g/mol. The molecule has 134 valence electrons. The van der Waals surface area contributed by atoms with Gasteiger partial charge in [-0.3, -0.25) is 9.89 Å². The van der Waals surface area contributed by atoms with Gasteiger partial charge in [-0.15, -0.1) is 0 Å². The lowest BCUT2D eigenvalue weighted by atomic mass is 9.95. The molecule has 3 heterocycles. The van der Waals surface area contributed by atoms with E-state index in [0.29, 0.717) is 37.3 Å². The van der Waals surface area contributed by atoms with Gasteiger partial charge in [0.2, 0.25) is 5.91 Å². The molecule has 9 heteroatoms. The molecule has 0 unspecified atom stereocenters. The minimum atomic E-state index is -0.506. The van der Waals surface area contributed by atoms with Crippen molar-refractivity contribution in [1.29, 1.82) is 0 Å². The van der Waals surface area contributed by atoms with Crippen molar-refractivity contribution in [3.8, 4) is 0 Å². The highest BCUT2D eigenvalue weighted by atomic mass is 35.5. The summed E-state index contributed by atoms with van der Waals surface area (Å²) >= 11 is 5.76. The molecule has 3 aromatic rings. The van der Waals surface area contributed by atoms with Crippen molar-refractivity contribution in [2.75, 3.05) is 23.3 Å². The molecule has 26 heavy (non-hydrogen) atoms. The molecule has 2 N–H and O–H groups in total. The number of benzene rings is 1. The third-order valence-electron chi connectivity index (χ3n) is 4.58. The van der Waals surface area contributed by atoms with Crippen molar-refractivity contribution in [3.63, 3.8) is 0 Å². The fourth-order valence-corrected chi connectivity index (χ4v) is 3.36. The summed E-state index contributed by atoms with van der Waals surface area (Å²) in [5, 5.41) is 10.5. The lowest BCUT2D eigenvalue weighted by molar-refractivity contribution is -0.120. The van der Waals surface area contributed by atoms with Gasteiger partial charge in [0, 0.05) is 24.7 Å². The van der Waals surface area contributed by atoms with Crippen molar-refractivity contribution in [2.24, 2.45) is 5.92 Å². The van der Waals surface area contributed by atoms with Gasteiger partial charge < -0.3 is 10.2 Å². The number of fused-ring (bicyclic) bond motifs is 1. The quantitative estimate of drug-likeness (QED) is 0.736. The molecule has 1 fully saturated rings. The summed E-state index contributed by atoms with van der Waals surface area (Å²) in [6.45, 7) is 1.42. The molecule has 1 saturated heterocycles. The molecule has 0 bridgehead atoms. The predicted molar refractivity (Wildman–Crippen MR) is 96.7 cm³/mol. The number of anilines is 2. The minimum absolute atomic E-state index is 0.00879. The number of nitrogens with zero attached hydrogens (tertiary/aromatic N) is 4. The number of H-pyrrole nitrogens is 1. The van der Waals surface area contributed by atoms with Crippen molar-refractivity contribution in [3.05, 3.63) is 41.6 Å². The first kappa shape index (κ1) is 16.7. The first-order valence-electron chi connectivity index (χ1n) is 8.27. The standard InChI is InChI=1S/C17H16ClFN6O/c18-13-7-11(1-2-14(13)19)23-17(26)10-3-5-25(6-4-10)16-12-8-22-24-15(12)20-9-21-16/h1-2,7-10H,3-6H2,(H,23,26)(H,20,21,22,24). The van der Waals surface area contributed by atoms with Crippen LogP contribution >= 0.6 is 11.6 Å². The topological polar surface area (TPSA) is 86.8 Å². The summed E-state index contributed by atoms with van der Waals surface area (Å²) in [5.41, 5.74) is 1.20. The second-order valence-corrected chi connectivity index (χ2v) is 6.62. The van der Waals surface area contributed by atoms with Gasteiger partial charge in [0.05, 0.1) is 16.6 Å². The maximum atomic E-state index is 13.2. The third-order valence-corrected chi connectivity index (χ3v) is 4.87. The Morgan fingerprint density at radius 1 is 1.31 bits per heavy atom. The van der Waals surface area contributed by atoms with Crippen LogP contribution < -0.4 is 10.2 Å². The van der Waals surface area contributed by atoms with Crippen LogP contribution in [0.25, 0.3) is 11.0 Å². The Morgan fingerprint density at radius 2 is 2.12 bits per heavy atom. The van der Waals surface area contributed by atoms with E-state index in [2.05, 4.69) is 30.4 Å². The SMILES string of the molecule is O=C(Nc1ccc(F)c(Cl)c1)C1CCN(c2ncnc3[nH]ncc23)CC1. The Kier molecular flexibility index (Phi) is 4.42. The van der Waals surface area contributed by atoms with E-state index >= 15 is 0 Å². The highest BCUT2D eigenvalue weighted by Crippen LogP contribution is 2.27. The number of piperidine rings is 1. The van der Waals surface area contributed by atoms with Crippen molar-refractivity contribution in [2.45, 2.75) is 12.8 Å². The van der Waals surface area contributed by atoms with Gasteiger partial charge in [-0.25, -0.2) is 14.4 Å². The molecule has 0 atom stereocenters. The second kappa shape index (κ2) is 6.87. The monoisotopic (exact) mass is 374 g/mol. The average Bonchev–Trinajstić information content (AvgIpc) is 3.14. The molecule has 2 aromatic heterocycles. The maximum Gasteiger partial charge on any atom is 0.227 e. The number of aromatic nitrogens is 4. The molecule has 1 aromatic carbocycles. The number of carbonyl (C=O) groups is 1. The van der Waals surface area contributed by atoms with Gasteiger partial charge in [0.1, 0.15) is 18.0 Å². The number of hydrogen-bond donors (Lipinski definition) is 2. The zero-order chi connectivity index (χ0) is 18.1. The van der Waals surface area contributed by atoms with Crippen LogP contribution in [0.3, 0.4) is 0 Å². The van der Waals surface area contributed by atoms with E-state index in [1.54, 1.807) is 6.20 Å². The first-order valence-corrected chi connectivity index (χ1v) is 8.64. The van der Waals surface area contributed by atoms with Gasteiger partial charge in [-0.05, 0) is 31.0 Å². The number of halogens is 2. The first-order chi connectivity index (χ1) is 12.6. The molecule has 0 aliphatic carbocycles. The molecule has 7 nitrogen and oxygen atoms in total. The Labute approximate surface area is 153 Å². The summed E-state index contributed by atoms with van der Waals surface area (Å²) in [5.74, 6) is 0.126.